The molecule has 2 bridgehead atoms. The van der Waals surface area contributed by atoms with Crippen molar-refractivity contribution < 1.29 is 24.2 Å². The molecule has 0 aromatic heterocycles. The minimum atomic E-state index is -0.572. The van der Waals surface area contributed by atoms with E-state index in [0.717, 1.165) is 32.1 Å². The Morgan fingerprint density at radius 2 is 2.00 bits per heavy atom. The minimum absolute atomic E-state index is 0.0348. The van der Waals surface area contributed by atoms with Gasteiger partial charge in [0, 0.05) is 24.4 Å². The van der Waals surface area contributed by atoms with Crippen LogP contribution in [0.1, 0.15) is 65.2 Å². The average Bonchev–Trinajstić information content (AvgIpc) is 3.33. The molecule has 0 aromatic rings. The number of carbonyl (C=O) groups excluding carboxylic acids is 3. The summed E-state index contributed by atoms with van der Waals surface area (Å²) in [5.41, 5.74) is 0. The molecule has 3 heterocycles. The lowest BCUT2D eigenvalue weighted by molar-refractivity contribution is -0.154. The van der Waals surface area contributed by atoms with E-state index in [0.29, 0.717) is 26.0 Å². The van der Waals surface area contributed by atoms with Gasteiger partial charge in [-0.05, 0) is 44.9 Å². The third-order valence-electron chi connectivity index (χ3n) is 7.81. The molecule has 1 saturated carbocycles. The molecule has 6 atom stereocenters. The SMILES string of the molecule is CCOC(=O)[C@@H]1[C@H]2C(=O)N(CCCCO)C(C(=O)NC3CCCCC3)C23S[C@@H]1CC3C. The Morgan fingerprint density at radius 3 is 2.68 bits per heavy atom. The number of nitrogens with zero attached hydrogens (tertiary/aromatic N) is 1. The lowest BCUT2D eigenvalue weighted by atomic mass is 9.66. The van der Waals surface area contributed by atoms with Gasteiger partial charge in [0.05, 0.1) is 23.2 Å². The van der Waals surface area contributed by atoms with Crippen LogP contribution < -0.4 is 5.32 Å². The highest BCUT2D eigenvalue weighted by atomic mass is 32.2. The second-order valence-electron chi connectivity index (χ2n) is 9.61. The molecule has 2 N–H and O–H groups in total. The molecule has 0 radical (unpaired) electrons. The molecule has 4 aliphatic rings. The number of esters is 1. The maximum absolute atomic E-state index is 13.7. The maximum Gasteiger partial charge on any atom is 0.310 e. The molecule has 174 valence electrons. The van der Waals surface area contributed by atoms with Crippen LogP contribution in [0.5, 0.6) is 0 Å². The predicted octanol–water partition coefficient (Wildman–Crippen LogP) is 2.11. The Labute approximate surface area is 189 Å². The summed E-state index contributed by atoms with van der Waals surface area (Å²) < 4.78 is 4.79. The fourth-order valence-corrected chi connectivity index (χ4v) is 8.90. The summed E-state index contributed by atoms with van der Waals surface area (Å²) in [7, 11) is 0. The number of hydrogen-bond acceptors (Lipinski definition) is 6. The summed E-state index contributed by atoms with van der Waals surface area (Å²) in [4.78, 5) is 42.0. The van der Waals surface area contributed by atoms with Crippen LogP contribution in [0.4, 0.5) is 0 Å². The molecule has 8 heteroatoms. The van der Waals surface area contributed by atoms with Gasteiger partial charge < -0.3 is 20.1 Å². The van der Waals surface area contributed by atoms with Crippen molar-refractivity contribution in [2.75, 3.05) is 19.8 Å². The summed E-state index contributed by atoms with van der Waals surface area (Å²) in [5, 5.41) is 12.5. The third kappa shape index (κ3) is 3.77. The molecule has 1 spiro atoms. The number of carbonyl (C=O) groups is 3. The van der Waals surface area contributed by atoms with E-state index in [4.69, 9.17) is 4.74 Å². The first-order valence-electron chi connectivity index (χ1n) is 12.0. The highest BCUT2D eigenvalue weighted by molar-refractivity contribution is 8.02. The van der Waals surface area contributed by atoms with Gasteiger partial charge >= 0.3 is 5.97 Å². The van der Waals surface area contributed by atoms with Crippen LogP contribution in [0, 0.1) is 17.8 Å². The van der Waals surface area contributed by atoms with E-state index in [-0.39, 0.29) is 41.6 Å². The zero-order valence-electron chi connectivity index (χ0n) is 18.7. The highest BCUT2D eigenvalue weighted by Crippen LogP contribution is 2.68. The number of nitrogens with one attached hydrogen (secondary N) is 1. The summed E-state index contributed by atoms with van der Waals surface area (Å²) >= 11 is 1.69. The first kappa shape index (κ1) is 22.9. The largest absolute Gasteiger partial charge is 0.466 e. The molecule has 31 heavy (non-hydrogen) atoms. The first-order chi connectivity index (χ1) is 15.0. The standard InChI is InChI=1S/C23H36N2O5S/c1-3-30-22(29)17-16-13-14(2)23(31-16)18(17)21(28)25(11-7-8-12-26)19(23)20(27)24-15-9-5-4-6-10-15/h14-19,26H,3-13H2,1-2H3,(H,24,27)/t14?,16-,17+,18+,19?,23?/m1/s1. The Morgan fingerprint density at radius 1 is 1.26 bits per heavy atom. The van der Waals surface area contributed by atoms with Gasteiger partial charge in [-0.15, -0.1) is 11.8 Å². The molecule has 3 saturated heterocycles. The van der Waals surface area contributed by atoms with Gasteiger partial charge in [-0.3, -0.25) is 14.4 Å². The maximum atomic E-state index is 13.7. The van der Waals surface area contributed by atoms with Crippen molar-refractivity contribution in [1.82, 2.24) is 10.2 Å². The van der Waals surface area contributed by atoms with Crippen molar-refractivity contribution in [2.24, 2.45) is 17.8 Å². The molecule has 7 nitrogen and oxygen atoms in total. The van der Waals surface area contributed by atoms with Crippen LogP contribution >= 0.6 is 11.8 Å². The van der Waals surface area contributed by atoms with Gasteiger partial charge in [0.15, 0.2) is 0 Å². The fraction of sp³-hybridized carbons (Fsp3) is 0.870. The van der Waals surface area contributed by atoms with E-state index in [9.17, 15) is 19.5 Å². The quantitative estimate of drug-likeness (QED) is 0.433. The molecule has 3 unspecified atom stereocenters. The topological polar surface area (TPSA) is 95.9 Å². The number of fused-ring (bicyclic) bond motifs is 1. The number of likely N-dealkylation sites (tertiary alicyclic amines) is 1. The molecule has 1 aliphatic carbocycles. The Kier molecular flexibility index (Phi) is 6.87. The van der Waals surface area contributed by atoms with Gasteiger partial charge in [0.25, 0.3) is 0 Å². The Bertz CT molecular complexity index is 712. The smallest absolute Gasteiger partial charge is 0.310 e. The van der Waals surface area contributed by atoms with Crippen molar-refractivity contribution in [3.63, 3.8) is 0 Å². The Balaban J connectivity index is 1.65. The summed E-state index contributed by atoms with van der Waals surface area (Å²) in [6, 6.07) is -0.388. The summed E-state index contributed by atoms with van der Waals surface area (Å²) in [6.07, 6.45) is 7.50. The van der Waals surface area contributed by atoms with Crippen LogP contribution in [-0.4, -0.2) is 69.6 Å². The lowest BCUT2D eigenvalue weighted by Crippen LogP contribution is -2.57. The van der Waals surface area contributed by atoms with Crippen LogP contribution in [0.25, 0.3) is 0 Å². The normalized spacial score (nSPS) is 37.2. The zero-order valence-corrected chi connectivity index (χ0v) is 19.5. The molecule has 0 aromatic carbocycles. The molecule has 3 aliphatic heterocycles. The fourth-order valence-electron chi connectivity index (χ4n) is 6.49. The van der Waals surface area contributed by atoms with Gasteiger partial charge in [0.2, 0.25) is 11.8 Å². The van der Waals surface area contributed by atoms with Crippen molar-refractivity contribution >= 4 is 29.5 Å². The molecular weight excluding hydrogens is 416 g/mol. The van der Waals surface area contributed by atoms with Crippen molar-refractivity contribution in [3.8, 4) is 0 Å². The molecule has 4 fully saturated rings. The number of rotatable bonds is 8. The van der Waals surface area contributed by atoms with Gasteiger partial charge in [-0.1, -0.05) is 26.2 Å². The number of aliphatic hydroxyl groups is 1. The van der Waals surface area contributed by atoms with E-state index in [1.54, 1.807) is 23.6 Å². The number of unbranched alkanes of at least 4 members (excludes halogenated alkanes) is 1. The predicted molar refractivity (Wildman–Crippen MR) is 118 cm³/mol. The summed E-state index contributed by atoms with van der Waals surface area (Å²) in [6.45, 7) is 4.71. The highest BCUT2D eigenvalue weighted by Gasteiger charge is 2.76. The number of ether oxygens (including phenoxy) is 1. The number of thioether (sulfide) groups is 1. The van der Waals surface area contributed by atoms with Gasteiger partial charge in [0.1, 0.15) is 6.04 Å². The lowest BCUT2D eigenvalue weighted by Gasteiger charge is -2.39. The van der Waals surface area contributed by atoms with E-state index >= 15 is 0 Å². The van der Waals surface area contributed by atoms with Crippen molar-refractivity contribution in [2.45, 2.75) is 87.3 Å². The second-order valence-corrected chi connectivity index (χ2v) is 11.2. The van der Waals surface area contributed by atoms with Crippen LogP contribution in [0.15, 0.2) is 0 Å². The van der Waals surface area contributed by atoms with E-state index in [1.807, 2.05) is 0 Å². The van der Waals surface area contributed by atoms with Crippen LogP contribution in [0.3, 0.4) is 0 Å². The second kappa shape index (κ2) is 9.30. The summed E-state index contributed by atoms with van der Waals surface area (Å²) in [5.74, 6) is -1.23. The van der Waals surface area contributed by atoms with Crippen molar-refractivity contribution in [1.29, 1.82) is 0 Å². The van der Waals surface area contributed by atoms with Crippen LogP contribution in [-0.2, 0) is 19.1 Å². The van der Waals surface area contributed by atoms with E-state index in [2.05, 4.69) is 12.2 Å². The van der Waals surface area contributed by atoms with E-state index in [1.165, 1.54) is 6.42 Å². The van der Waals surface area contributed by atoms with Crippen molar-refractivity contribution in [3.05, 3.63) is 0 Å². The number of hydrogen-bond donors (Lipinski definition) is 2. The third-order valence-corrected chi connectivity index (χ3v) is 9.89. The molecular formula is C23H36N2O5S. The van der Waals surface area contributed by atoms with Crippen LogP contribution in [0.2, 0.25) is 0 Å². The minimum Gasteiger partial charge on any atom is -0.466 e. The monoisotopic (exact) mass is 452 g/mol. The van der Waals surface area contributed by atoms with Gasteiger partial charge in [-0.25, -0.2) is 0 Å². The average molecular weight is 453 g/mol. The first-order valence-corrected chi connectivity index (χ1v) is 12.9. The van der Waals surface area contributed by atoms with E-state index < -0.39 is 22.6 Å². The number of aliphatic hydroxyl groups excluding tert-OH is 1. The number of amides is 2. The molecule has 4 rings (SSSR count). The van der Waals surface area contributed by atoms with Gasteiger partial charge in [-0.2, -0.15) is 0 Å². The molecule has 2 amide bonds. The Hall–Kier alpha value is -1.28. The zero-order chi connectivity index (χ0) is 22.2.